The zero-order valence-corrected chi connectivity index (χ0v) is 16.6. The van der Waals surface area contributed by atoms with Gasteiger partial charge in [0.2, 0.25) is 11.9 Å². The maximum Gasteiger partial charge on any atom is 0.223 e. The van der Waals surface area contributed by atoms with Crippen LogP contribution in [0.4, 0.5) is 17.6 Å². The van der Waals surface area contributed by atoms with Gasteiger partial charge in [0, 0.05) is 37.7 Å². The van der Waals surface area contributed by atoms with Gasteiger partial charge in [0.25, 0.3) is 0 Å². The number of carbonyl (C=O) groups excluding carboxylic acids is 1. The predicted octanol–water partition coefficient (Wildman–Crippen LogP) is 2.09. The van der Waals surface area contributed by atoms with Crippen molar-refractivity contribution in [3.8, 4) is 0 Å². The van der Waals surface area contributed by atoms with Gasteiger partial charge < -0.3 is 21.3 Å². The molecule has 0 radical (unpaired) electrons. The first kappa shape index (κ1) is 18.2. The van der Waals surface area contributed by atoms with E-state index in [1.165, 1.54) is 12.0 Å². The summed E-state index contributed by atoms with van der Waals surface area (Å²) < 4.78 is 0. The van der Waals surface area contributed by atoms with Crippen LogP contribution in [0.2, 0.25) is 0 Å². The monoisotopic (exact) mass is 392 g/mol. The van der Waals surface area contributed by atoms with Crippen molar-refractivity contribution in [2.24, 2.45) is 11.8 Å². The minimum Gasteiger partial charge on any atom is -0.383 e. The zero-order valence-electron chi connectivity index (χ0n) is 16.6. The molecule has 29 heavy (non-hydrogen) atoms. The number of carbonyl (C=O) groups is 1. The molecule has 5 rings (SSSR count). The maximum absolute atomic E-state index is 13.0. The van der Waals surface area contributed by atoms with Crippen molar-refractivity contribution in [3.05, 3.63) is 42.0 Å². The molecule has 4 heterocycles. The molecule has 1 amide bonds. The fourth-order valence-electron chi connectivity index (χ4n) is 5.71. The summed E-state index contributed by atoms with van der Waals surface area (Å²) in [5, 5.41) is 0. The number of nitrogens with zero attached hydrogens (tertiary/aromatic N) is 4. The second-order valence-corrected chi connectivity index (χ2v) is 8.69. The SMILES string of the molecule is Nc1cc(N2C[C@H]3C[C@@H](C2)[C@H](Cc2ccccc2)N2C(=O)CCC[C@@H]32)nc(N)n1. The van der Waals surface area contributed by atoms with Crippen LogP contribution in [0.3, 0.4) is 0 Å². The minimum atomic E-state index is 0.214. The van der Waals surface area contributed by atoms with Gasteiger partial charge in [-0.05, 0) is 43.1 Å². The van der Waals surface area contributed by atoms with Crippen molar-refractivity contribution in [2.75, 3.05) is 29.5 Å². The molecule has 1 aromatic heterocycles. The Labute approximate surface area is 171 Å². The number of nitrogen functional groups attached to an aromatic ring is 2. The second kappa shape index (κ2) is 7.21. The number of amides is 1. The van der Waals surface area contributed by atoms with Crippen LogP contribution in [0, 0.1) is 11.8 Å². The molecule has 0 unspecified atom stereocenters. The molecule has 1 aromatic carbocycles. The Kier molecular flexibility index (Phi) is 4.53. The Hall–Kier alpha value is -2.83. The van der Waals surface area contributed by atoms with E-state index in [9.17, 15) is 4.79 Å². The van der Waals surface area contributed by atoms with Crippen LogP contribution >= 0.6 is 0 Å². The molecule has 4 atom stereocenters. The molecule has 0 aliphatic carbocycles. The van der Waals surface area contributed by atoms with Crippen LogP contribution in [0.1, 0.15) is 31.2 Å². The highest BCUT2D eigenvalue weighted by atomic mass is 16.2. The topological polar surface area (TPSA) is 101 Å². The van der Waals surface area contributed by atoms with Crippen LogP contribution in [0.25, 0.3) is 0 Å². The van der Waals surface area contributed by atoms with Gasteiger partial charge in [-0.3, -0.25) is 4.79 Å². The number of hydrogen-bond donors (Lipinski definition) is 2. The van der Waals surface area contributed by atoms with Gasteiger partial charge in [0.15, 0.2) is 0 Å². The molecule has 3 saturated heterocycles. The van der Waals surface area contributed by atoms with Crippen molar-refractivity contribution >= 4 is 23.5 Å². The van der Waals surface area contributed by atoms with E-state index >= 15 is 0 Å². The van der Waals surface area contributed by atoms with E-state index in [-0.39, 0.29) is 12.0 Å². The molecule has 0 spiro atoms. The summed E-state index contributed by atoms with van der Waals surface area (Å²) >= 11 is 0. The van der Waals surface area contributed by atoms with Crippen LogP contribution in [-0.2, 0) is 11.2 Å². The van der Waals surface area contributed by atoms with Gasteiger partial charge in [0.05, 0.1) is 0 Å². The number of aromatic nitrogens is 2. The van der Waals surface area contributed by atoms with Crippen molar-refractivity contribution in [1.82, 2.24) is 14.9 Å². The van der Waals surface area contributed by atoms with Crippen molar-refractivity contribution in [1.29, 1.82) is 0 Å². The molecular weight excluding hydrogens is 364 g/mol. The van der Waals surface area contributed by atoms with Crippen LogP contribution in [0.5, 0.6) is 0 Å². The Morgan fingerprint density at radius 3 is 2.66 bits per heavy atom. The highest BCUT2D eigenvalue weighted by Crippen LogP contribution is 2.43. The number of benzene rings is 1. The summed E-state index contributed by atoms with van der Waals surface area (Å²) in [6.07, 6.45) is 4.84. The molecule has 3 aliphatic heterocycles. The van der Waals surface area contributed by atoms with Crippen molar-refractivity contribution in [2.45, 2.75) is 44.2 Å². The van der Waals surface area contributed by atoms with E-state index in [1.54, 1.807) is 0 Å². The molecule has 4 N–H and O–H groups in total. The Balaban J connectivity index is 1.48. The number of anilines is 3. The second-order valence-electron chi connectivity index (χ2n) is 8.69. The Morgan fingerprint density at radius 1 is 1.07 bits per heavy atom. The zero-order chi connectivity index (χ0) is 20.0. The molecular formula is C22H28N6O. The van der Waals surface area contributed by atoms with Gasteiger partial charge in [-0.1, -0.05) is 30.3 Å². The van der Waals surface area contributed by atoms with E-state index in [0.29, 0.717) is 36.0 Å². The fourth-order valence-corrected chi connectivity index (χ4v) is 5.71. The van der Waals surface area contributed by atoms with E-state index in [4.69, 9.17) is 11.5 Å². The first-order valence-corrected chi connectivity index (χ1v) is 10.6. The third-order valence-electron chi connectivity index (χ3n) is 6.86. The molecule has 7 nitrogen and oxygen atoms in total. The summed E-state index contributed by atoms with van der Waals surface area (Å²) in [6.45, 7) is 1.75. The summed E-state index contributed by atoms with van der Waals surface area (Å²) in [7, 11) is 0. The van der Waals surface area contributed by atoms with Crippen LogP contribution in [-0.4, -0.2) is 45.9 Å². The lowest BCUT2D eigenvalue weighted by molar-refractivity contribution is -0.148. The van der Waals surface area contributed by atoms with Gasteiger partial charge in [0.1, 0.15) is 11.6 Å². The normalized spacial score (nSPS) is 28.9. The van der Waals surface area contributed by atoms with Gasteiger partial charge in [-0.2, -0.15) is 9.97 Å². The van der Waals surface area contributed by atoms with Gasteiger partial charge in [-0.25, -0.2) is 0 Å². The summed E-state index contributed by atoms with van der Waals surface area (Å²) in [5.74, 6) is 2.62. The molecule has 3 aliphatic rings. The highest BCUT2D eigenvalue weighted by molar-refractivity contribution is 5.78. The summed E-state index contributed by atoms with van der Waals surface area (Å²) in [4.78, 5) is 26.0. The number of fused-ring (bicyclic) bond motifs is 4. The average molecular weight is 393 g/mol. The molecule has 2 aromatic rings. The Morgan fingerprint density at radius 2 is 1.86 bits per heavy atom. The lowest BCUT2D eigenvalue weighted by atomic mass is 9.71. The van der Waals surface area contributed by atoms with E-state index in [1.807, 2.05) is 12.1 Å². The van der Waals surface area contributed by atoms with Crippen molar-refractivity contribution in [3.63, 3.8) is 0 Å². The van der Waals surface area contributed by atoms with Crippen LogP contribution in [0.15, 0.2) is 36.4 Å². The molecule has 3 fully saturated rings. The fraction of sp³-hybridized carbons (Fsp3) is 0.500. The molecule has 2 bridgehead atoms. The molecule has 7 heteroatoms. The van der Waals surface area contributed by atoms with Crippen molar-refractivity contribution < 1.29 is 4.79 Å². The lowest BCUT2D eigenvalue weighted by Crippen LogP contribution is -2.65. The third-order valence-corrected chi connectivity index (χ3v) is 6.86. The van der Waals surface area contributed by atoms with Gasteiger partial charge in [-0.15, -0.1) is 0 Å². The number of hydrogen-bond acceptors (Lipinski definition) is 6. The van der Waals surface area contributed by atoms with Crippen LogP contribution < -0.4 is 16.4 Å². The predicted molar refractivity (Wildman–Crippen MR) is 113 cm³/mol. The van der Waals surface area contributed by atoms with E-state index in [0.717, 1.165) is 38.2 Å². The first-order valence-electron chi connectivity index (χ1n) is 10.6. The minimum absolute atomic E-state index is 0.214. The molecule has 152 valence electrons. The third kappa shape index (κ3) is 3.39. The summed E-state index contributed by atoms with van der Waals surface area (Å²) in [5.41, 5.74) is 13.1. The smallest absolute Gasteiger partial charge is 0.223 e. The standard InChI is InChI=1S/C22H28N6O/c23-19-11-20(26-22(24)25-19)27-12-15-10-16(13-27)18(9-14-5-2-1-3-6-14)28-17(15)7-4-8-21(28)29/h1-3,5-6,11,15-18H,4,7-10,12-13H2,(H4,23,24,25,26)/t15-,16+,17+,18+/m1/s1. The maximum atomic E-state index is 13.0. The number of rotatable bonds is 3. The number of piperidine rings is 3. The quantitative estimate of drug-likeness (QED) is 0.829. The summed E-state index contributed by atoms with van der Waals surface area (Å²) in [6, 6.07) is 12.9. The van der Waals surface area contributed by atoms with E-state index in [2.05, 4.69) is 44.0 Å². The highest BCUT2D eigenvalue weighted by Gasteiger charge is 2.49. The Bertz CT molecular complexity index is 883. The largest absolute Gasteiger partial charge is 0.383 e. The van der Waals surface area contributed by atoms with Gasteiger partial charge >= 0.3 is 0 Å². The van der Waals surface area contributed by atoms with E-state index < -0.39 is 0 Å². The first-order chi connectivity index (χ1) is 14.1. The number of nitrogens with two attached hydrogens (primary N) is 2. The average Bonchev–Trinajstić information content (AvgIpc) is 2.71. The lowest BCUT2D eigenvalue weighted by Gasteiger charge is -2.57. The molecule has 0 saturated carbocycles.